The van der Waals surface area contributed by atoms with Gasteiger partial charge in [0.2, 0.25) is 0 Å². The molecule has 3 aromatic carbocycles. The van der Waals surface area contributed by atoms with Gasteiger partial charge in [0.1, 0.15) is 12.0 Å². The number of halogens is 4. The maximum atomic E-state index is 14.5. The van der Waals surface area contributed by atoms with Crippen molar-refractivity contribution < 1.29 is 31.3 Å². The molecule has 0 aliphatic carbocycles. The normalized spacial score (nSPS) is 13.6. The molecule has 2 N–H and O–H groups in total. The minimum atomic E-state index is -4.24. The van der Waals surface area contributed by atoms with E-state index in [1.54, 1.807) is 23.1 Å². The highest BCUT2D eigenvalue weighted by Gasteiger charge is 2.31. The number of anilines is 2. The molecule has 1 aliphatic rings. The molecule has 4 rings (SSSR count). The summed E-state index contributed by atoms with van der Waals surface area (Å²) in [7, 11) is -2.78. The van der Waals surface area contributed by atoms with Gasteiger partial charge < -0.3 is 15.1 Å². The van der Waals surface area contributed by atoms with Crippen molar-refractivity contribution in [2.75, 3.05) is 42.2 Å². The van der Waals surface area contributed by atoms with Gasteiger partial charge in [-0.1, -0.05) is 35.3 Å². The first kappa shape index (κ1) is 28.8. The standard InChI is InChI=1S/C26H23Cl2F2N3O5S/c1-32(26(35)24-20(28)3-2-4-21(24)30)22-8-6-15(12-23(22)33-13-17(29)14-33)18-11-16(5-7-19(18)27)25(34)31-9-10-39(36,37)38/h2-8,11-12,17H,9-10,13-14H2,1H3,(H,31,34)(H,36,37,38). The van der Waals surface area contributed by atoms with Crippen LogP contribution in [0.15, 0.2) is 54.6 Å². The molecule has 0 unspecified atom stereocenters. The van der Waals surface area contributed by atoms with Crippen molar-refractivity contribution in [3.63, 3.8) is 0 Å². The number of carbonyl (C=O) groups excluding carboxylic acids is 2. The molecule has 8 nitrogen and oxygen atoms in total. The summed E-state index contributed by atoms with van der Waals surface area (Å²) in [6.45, 7) is -0.119. The summed E-state index contributed by atoms with van der Waals surface area (Å²) in [6, 6.07) is 13.3. The third kappa shape index (κ3) is 6.50. The third-order valence-corrected chi connectivity index (χ3v) is 7.55. The zero-order valence-corrected chi connectivity index (χ0v) is 22.8. The Morgan fingerprint density at radius 2 is 1.82 bits per heavy atom. The number of benzene rings is 3. The van der Waals surface area contributed by atoms with Crippen molar-refractivity contribution in [1.82, 2.24) is 5.32 Å². The predicted molar refractivity (Wildman–Crippen MR) is 147 cm³/mol. The second kappa shape index (κ2) is 11.5. The molecule has 0 aromatic heterocycles. The van der Waals surface area contributed by atoms with Crippen molar-refractivity contribution in [3.05, 3.63) is 81.6 Å². The first-order chi connectivity index (χ1) is 18.4. The van der Waals surface area contributed by atoms with Crippen LogP contribution in [0.5, 0.6) is 0 Å². The van der Waals surface area contributed by atoms with Gasteiger partial charge in [0.05, 0.1) is 40.8 Å². The van der Waals surface area contributed by atoms with Gasteiger partial charge in [-0.25, -0.2) is 8.78 Å². The van der Waals surface area contributed by atoms with Crippen LogP contribution < -0.4 is 15.1 Å². The Balaban J connectivity index is 1.69. The molecule has 0 atom stereocenters. The summed E-state index contributed by atoms with van der Waals surface area (Å²) < 4.78 is 58.9. The highest BCUT2D eigenvalue weighted by Crippen LogP contribution is 2.39. The van der Waals surface area contributed by atoms with Crippen LogP contribution in [0, 0.1) is 5.82 Å². The number of hydrogen-bond acceptors (Lipinski definition) is 5. The lowest BCUT2D eigenvalue weighted by Crippen LogP contribution is -2.49. The number of carbonyl (C=O) groups is 2. The van der Waals surface area contributed by atoms with Gasteiger partial charge in [-0.15, -0.1) is 0 Å². The molecule has 0 saturated carbocycles. The molecule has 2 amide bonds. The van der Waals surface area contributed by atoms with E-state index >= 15 is 0 Å². The molecule has 1 saturated heterocycles. The van der Waals surface area contributed by atoms with E-state index < -0.39 is 39.7 Å². The summed E-state index contributed by atoms with van der Waals surface area (Å²) in [4.78, 5) is 28.7. The van der Waals surface area contributed by atoms with Crippen LogP contribution >= 0.6 is 23.2 Å². The van der Waals surface area contributed by atoms with Crippen molar-refractivity contribution in [1.29, 1.82) is 0 Å². The van der Waals surface area contributed by atoms with Gasteiger partial charge in [-0.3, -0.25) is 14.1 Å². The molecule has 39 heavy (non-hydrogen) atoms. The monoisotopic (exact) mass is 597 g/mol. The fourth-order valence-electron chi connectivity index (χ4n) is 4.11. The Morgan fingerprint density at radius 3 is 2.46 bits per heavy atom. The third-order valence-electron chi connectivity index (χ3n) is 6.18. The molecule has 1 heterocycles. The maximum absolute atomic E-state index is 14.5. The number of nitrogens with one attached hydrogen (secondary N) is 1. The summed E-state index contributed by atoms with van der Waals surface area (Å²) in [5, 5.41) is 2.67. The Labute approximate surface area is 233 Å². The first-order valence-corrected chi connectivity index (χ1v) is 14.0. The van der Waals surface area contributed by atoms with E-state index in [1.165, 1.54) is 42.3 Å². The predicted octanol–water partition coefficient (Wildman–Crippen LogP) is 4.85. The van der Waals surface area contributed by atoms with Crippen LogP contribution in [0.4, 0.5) is 20.2 Å². The van der Waals surface area contributed by atoms with E-state index in [0.717, 1.165) is 6.07 Å². The second-order valence-corrected chi connectivity index (χ2v) is 11.3. The van der Waals surface area contributed by atoms with Crippen molar-refractivity contribution in [2.24, 2.45) is 0 Å². The maximum Gasteiger partial charge on any atom is 0.266 e. The van der Waals surface area contributed by atoms with Crippen molar-refractivity contribution in [3.8, 4) is 11.1 Å². The quantitative estimate of drug-likeness (QED) is 0.359. The lowest BCUT2D eigenvalue weighted by atomic mass is 9.99. The molecular formula is C26H23Cl2F2N3O5S. The molecule has 1 fully saturated rings. The Hall–Kier alpha value is -3.25. The second-order valence-electron chi connectivity index (χ2n) is 8.90. The number of alkyl halides is 1. The summed E-state index contributed by atoms with van der Waals surface area (Å²) in [5.41, 5.74) is 1.77. The first-order valence-electron chi connectivity index (χ1n) is 11.6. The lowest BCUT2D eigenvalue weighted by Gasteiger charge is -2.39. The van der Waals surface area contributed by atoms with Crippen LogP contribution in [-0.4, -0.2) is 63.4 Å². The molecule has 3 aromatic rings. The molecular weight excluding hydrogens is 575 g/mol. The lowest BCUT2D eigenvalue weighted by molar-refractivity contribution is 0.0954. The number of rotatable bonds is 8. The van der Waals surface area contributed by atoms with E-state index in [4.69, 9.17) is 27.8 Å². The van der Waals surface area contributed by atoms with Gasteiger partial charge in [0, 0.05) is 29.7 Å². The SMILES string of the molecule is CN(C(=O)c1c(F)cccc1Cl)c1ccc(-c2cc(C(=O)NCCS(=O)(=O)O)ccc2Cl)cc1N1CC(F)C1. The van der Waals surface area contributed by atoms with E-state index in [0.29, 0.717) is 27.5 Å². The van der Waals surface area contributed by atoms with Gasteiger partial charge in [-0.2, -0.15) is 8.42 Å². The Morgan fingerprint density at radius 1 is 1.10 bits per heavy atom. The molecule has 1 aliphatic heterocycles. The number of nitrogens with zero attached hydrogens (tertiary/aromatic N) is 2. The van der Waals surface area contributed by atoms with Gasteiger partial charge in [0.25, 0.3) is 21.9 Å². The zero-order chi connectivity index (χ0) is 28.5. The highest BCUT2D eigenvalue weighted by atomic mass is 35.5. The minimum absolute atomic E-state index is 0.0451. The summed E-state index contributed by atoms with van der Waals surface area (Å²) in [6.07, 6.45) is -1.05. The Bertz CT molecular complexity index is 1530. The van der Waals surface area contributed by atoms with E-state index in [1.807, 2.05) is 0 Å². The Kier molecular flexibility index (Phi) is 8.45. The average molecular weight is 598 g/mol. The van der Waals surface area contributed by atoms with Crippen LogP contribution in [0.3, 0.4) is 0 Å². The smallest absolute Gasteiger partial charge is 0.266 e. The largest absolute Gasteiger partial charge is 0.364 e. The fourth-order valence-corrected chi connectivity index (χ4v) is 4.94. The molecule has 0 spiro atoms. The number of hydrogen-bond donors (Lipinski definition) is 2. The van der Waals surface area contributed by atoms with Crippen molar-refractivity contribution >= 4 is 56.5 Å². The van der Waals surface area contributed by atoms with Crippen LogP contribution in [-0.2, 0) is 10.1 Å². The summed E-state index contributed by atoms with van der Waals surface area (Å²) >= 11 is 12.5. The van der Waals surface area contributed by atoms with Crippen LogP contribution in [0.1, 0.15) is 20.7 Å². The molecule has 13 heteroatoms. The van der Waals surface area contributed by atoms with E-state index in [9.17, 15) is 26.8 Å². The number of amides is 2. The summed E-state index contributed by atoms with van der Waals surface area (Å²) in [5.74, 6) is -2.68. The van der Waals surface area contributed by atoms with Crippen molar-refractivity contribution in [2.45, 2.75) is 6.17 Å². The van der Waals surface area contributed by atoms with E-state index in [2.05, 4.69) is 5.32 Å². The highest BCUT2D eigenvalue weighted by molar-refractivity contribution is 7.85. The molecule has 206 valence electrons. The van der Waals surface area contributed by atoms with Crippen LogP contribution in [0.25, 0.3) is 11.1 Å². The average Bonchev–Trinajstić information content (AvgIpc) is 2.85. The minimum Gasteiger partial charge on any atom is -0.364 e. The molecule has 0 radical (unpaired) electrons. The topological polar surface area (TPSA) is 107 Å². The van der Waals surface area contributed by atoms with Gasteiger partial charge in [-0.05, 0) is 48.0 Å². The van der Waals surface area contributed by atoms with Gasteiger partial charge in [0.15, 0.2) is 0 Å². The molecule has 0 bridgehead atoms. The fraction of sp³-hybridized carbons (Fsp3) is 0.231. The van der Waals surface area contributed by atoms with Gasteiger partial charge >= 0.3 is 0 Å². The zero-order valence-electron chi connectivity index (χ0n) is 20.5. The van der Waals surface area contributed by atoms with E-state index in [-0.39, 0.29) is 35.8 Å². The van der Waals surface area contributed by atoms with Crippen LogP contribution in [0.2, 0.25) is 10.0 Å².